The minimum absolute atomic E-state index is 0.311. The van der Waals surface area contributed by atoms with Crippen molar-refractivity contribution in [2.45, 2.75) is 13.3 Å². The van der Waals surface area contributed by atoms with Gasteiger partial charge in [0.05, 0.1) is 7.11 Å². The average Bonchev–Trinajstić information content (AvgIpc) is 2.85. The van der Waals surface area contributed by atoms with Crippen LogP contribution in [0.5, 0.6) is 5.75 Å². The smallest absolute Gasteiger partial charge is 0.262 e. The number of aromatic nitrogens is 2. The van der Waals surface area contributed by atoms with Crippen molar-refractivity contribution in [3.05, 3.63) is 35.5 Å². The maximum absolute atomic E-state index is 12.2. The highest BCUT2D eigenvalue weighted by atomic mass is 16.5. The second-order valence-electron chi connectivity index (χ2n) is 4.01. The van der Waals surface area contributed by atoms with Gasteiger partial charge < -0.3 is 15.8 Å². The number of rotatable bonds is 4. The number of carbonyl (C=O) groups excluding carboxylic acids is 1. The Bertz CT molecular complexity index is 592. The average molecular weight is 260 g/mol. The van der Waals surface area contributed by atoms with Crippen molar-refractivity contribution in [2.24, 2.45) is 0 Å². The number of H-pyrrole nitrogens is 1. The number of amides is 1. The number of aryl methyl sites for hydroxylation is 1. The van der Waals surface area contributed by atoms with Crippen molar-refractivity contribution < 1.29 is 9.53 Å². The number of carbonyl (C=O) groups is 1. The second kappa shape index (κ2) is 5.43. The molecule has 0 bridgehead atoms. The molecule has 0 spiro atoms. The van der Waals surface area contributed by atoms with Crippen LogP contribution in [0.4, 0.5) is 11.5 Å². The van der Waals surface area contributed by atoms with Gasteiger partial charge in [-0.25, -0.2) is 0 Å². The van der Waals surface area contributed by atoms with E-state index in [1.807, 2.05) is 6.92 Å². The van der Waals surface area contributed by atoms with Crippen LogP contribution in [0.3, 0.4) is 0 Å². The molecule has 100 valence electrons. The molecule has 0 unspecified atom stereocenters. The number of nitrogens with zero attached hydrogens (tertiary/aromatic N) is 1. The zero-order valence-corrected chi connectivity index (χ0v) is 10.9. The van der Waals surface area contributed by atoms with Crippen LogP contribution in [0.2, 0.25) is 0 Å². The minimum Gasteiger partial charge on any atom is -0.496 e. The molecule has 1 amide bonds. The molecular formula is C13H16N4O2. The normalized spacial score (nSPS) is 10.2. The van der Waals surface area contributed by atoms with E-state index in [2.05, 4.69) is 15.5 Å². The van der Waals surface area contributed by atoms with Crippen LogP contribution in [0.25, 0.3) is 0 Å². The lowest BCUT2D eigenvalue weighted by Crippen LogP contribution is -2.15. The molecule has 0 saturated heterocycles. The molecule has 1 aromatic heterocycles. The molecule has 0 aliphatic carbocycles. The van der Waals surface area contributed by atoms with Crippen LogP contribution in [-0.4, -0.2) is 23.2 Å². The van der Waals surface area contributed by atoms with Crippen molar-refractivity contribution >= 4 is 17.4 Å². The van der Waals surface area contributed by atoms with E-state index in [9.17, 15) is 4.79 Å². The molecule has 0 aliphatic heterocycles. The monoisotopic (exact) mass is 260 g/mol. The Morgan fingerprint density at radius 3 is 2.95 bits per heavy atom. The number of nitrogen functional groups attached to an aromatic ring is 1. The highest BCUT2D eigenvalue weighted by Crippen LogP contribution is 2.25. The first-order chi connectivity index (χ1) is 9.15. The Labute approximate surface area is 111 Å². The zero-order valence-electron chi connectivity index (χ0n) is 10.9. The van der Waals surface area contributed by atoms with Gasteiger partial charge in [-0.1, -0.05) is 13.0 Å². The van der Waals surface area contributed by atoms with Crippen LogP contribution < -0.4 is 15.8 Å². The van der Waals surface area contributed by atoms with Crippen LogP contribution in [0.15, 0.2) is 24.3 Å². The van der Waals surface area contributed by atoms with Gasteiger partial charge in [0.15, 0.2) is 5.82 Å². The number of hydrogen-bond donors (Lipinski definition) is 3. The summed E-state index contributed by atoms with van der Waals surface area (Å²) in [5, 5.41) is 9.51. The molecule has 0 fully saturated rings. The topological polar surface area (TPSA) is 93.0 Å². The predicted molar refractivity (Wildman–Crippen MR) is 73.3 cm³/mol. The molecule has 2 aromatic rings. The van der Waals surface area contributed by atoms with Crippen molar-refractivity contribution in [2.75, 3.05) is 18.2 Å². The molecule has 1 heterocycles. The first kappa shape index (κ1) is 12.9. The van der Waals surface area contributed by atoms with Gasteiger partial charge in [-0.2, -0.15) is 5.10 Å². The number of methoxy groups -OCH3 is 1. The first-order valence-corrected chi connectivity index (χ1v) is 5.93. The summed E-state index contributed by atoms with van der Waals surface area (Å²) in [6.07, 6.45) is 0.819. The molecule has 4 N–H and O–H groups in total. The molecule has 0 radical (unpaired) electrons. The van der Waals surface area contributed by atoms with E-state index in [-0.39, 0.29) is 5.91 Å². The van der Waals surface area contributed by atoms with Crippen molar-refractivity contribution in [1.29, 1.82) is 0 Å². The maximum Gasteiger partial charge on any atom is 0.262 e. The summed E-state index contributed by atoms with van der Waals surface area (Å²) in [5.41, 5.74) is 7.44. The summed E-state index contributed by atoms with van der Waals surface area (Å²) in [4.78, 5) is 12.2. The number of anilines is 2. The van der Waals surface area contributed by atoms with E-state index in [1.54, 1.807) is 24.3 Å². The first-order valence-electron chi connectivity index (χ1n) is 5.93. The van der Waals surface area contributed by atoms with Gasteiger partial charge >= 0.3 is 0 Å². The lowest BCUT2D eigenvalue weighted by Gasteiger charge is -2.10. The van der Waals surface area contributed by atoms with E-state index < -0.39 is 0 Å². The molecule has 19 heavy (non-hydrogen) atoms. The molecule has 6 heteroatoms. The van der Waals surface area contributed by atoms with Gasteiger partial charge in [0, 0.05) is 17.4 Å². The SMILES string of the molecule is CCc1cc(NC(=O)c2c(N)cccc2OC)n[nH]1. The summed E-state index contributed by atoms with van der Waals surface area (Å²) in [6, 6.07) is 6.85. The van der Waals surface area contributed by atoms with Crippen molar-refractivity contribution in [1.82, 2.24) is 10.2 Å². The summed E-state index contributed by atoms with van der Waals surface area (Å²) >= 11 is 0. The Balaban J connectivity index is 2.24. The summed E-state index contributed by atoms with van der Waals surface area (Å²) in [7, 11) is 1.50. The highest BCUT2D eigenvalue weighted by molar-refractivity contribution is 6.09. The van der Waals surface area contributed by atoms with Crippen LogP contribution in [0, 0.1) is 0 Å². The van der Waals surface area contributed by atoms with Crippen molar-refractivity contribution in [3.8, 4) is 5.75 Å². The Morgan fingerprint density at radius 2 is 2.32 bits per heavy atom. The minimum atomic E-state index is -0.343. The summed E-state index contributed by atoms with van der Waals surface area (Å²) in [5.74, 6) is 0.556. The fourth-order valence-electron chi connectivity index (χ4n) is 1.75. The Hall–Kier alpha value is -2.50. The lowest BCUT2D eigenvalue weighted by molar-refractivity contribution is 0.102. The number of nitrogens with two attached hydrogens (primary N) is 1. The fraction of sp³-hybridized carbons (Fsp3) is 0.231. The van der Waals surface area contributed by atoms with E-state index in [4.69, 9.17) is 10.5 Å². The molecule has 0 aliphatic rings. The molecule has 2 rings (SSSR count). The fourth-order valence-corrected chi connectivity index (χ4v) is 1.75. The van der Waals surface area contributed by atoms with Gasteiger partial charge in [-0.3, -0.25) is 9.89 Å². The quantitative estimate of drug-likeness (QED) is 0.731. The molecule has 1 aromatic carbocycles. The summed E-state index contributed by atoms with van der Waals surface area (Å²) < 4.78 is 5.14. The van der Waals surface area contributed by atoms with Gasteiger partial charge in [0.25, 0.3) is 5.91 Å². The van der Waals surface area contributed by atoms with E-state index in [0.29, 0.717) is 22.8 Å². The third-order valence-electron chi connectivity index (χ3n) is 2.76. The number of aromatic amines is 1. The lowest BCUT2D eigenvalue weighted by atomic mass is 10.1. The van der Waals surface area contributed by atoms with Crippen LogP contribution in [-0.2, 0) is 6.42 Å². The van der Waals surface area contributed by atoms with Gasteiger partial charge in [-0.15, -0.1) is 0 Å². The van der Waals surface area contributed by atoms with Crippen LogP contribution >= 0.6 is 0 Å². The zero-order chi connectivity index (χ0) is 13.8. The van der Waals surface area contributed by atoms with E-state index in [1.165, 1.54) is 7.11 Å². The van der Waals surface area contributed by atoms with Crippen LogP contribution in [0.1, 0.15) is 23.0 Å². The number of benzene rings is 1. The number of ether oxygens (including phenoxy) is 1. The van der Waals surface area contributed by atoms with E-state index in [0.717, 1.165) is 12.1 Å². The molecule has 6 nitrogen and oxygen atoms in total. The van der Waals surface area contributed by atoms with E-state index >= 15 is 0 Å². The number of hydrogen-bond acceptors (Lipinski definition) is 4. The molecular weight excluding hydrogens is 244 g/mol. The summed E-state index contributed by atoms with van der Waals surface area (Å²) in [6.45, 7) is 2.00. The van der Waals surface area contributed by atoms with Gasteiger partial charge in [0.1, 0.15) is 11.3 Å². The maximum atomic E-state index is 12.2. The third-order valence-corrected chi connectivity index (χ3v) is 2.76. The molecule has 0 atom stereocenters. The van der Waals surface area contributed by atoms with Gasteiger partial charge in [-0.05, 0) is 18.6 Å². The van der Waals surface area contributed by atoms with Gasteiger partial charge in [0.2, 0.25) is 0 Å². The Kier molecular flexibility index (Phi) is 3.70. The molecule has 0 saturated carbocycles. The number of nitrogens with one attached hydrogen (secondary N) is 2. The highest BCUT2D eigenvalue weighted by Gasteiger charge is 2.16. The van der Waals surface area contributed by atoms with Crippen molar-refractivity contribution in [3.63, 3.8) is 0 Å². The third kappa shape index (κ3) is 2.67. The predicted octanol–water partition coefficient (Wildman–Crippen LogP) is 1.82. The Morgan fingerprint density at radius 1 is 1.53 bits per heavy atom. The largest absolute Gasteiger partial charge is 0.496 e. The second-order valence-corrected chi connectivity index (χ2v) is 4.01. The standard InChI is InChI=1S/C13H16N4O2/c1-3-8-7-11(17-16-8)15-13(18)12-9(14)5-4-6-10(12)19-2/h4-7H,3,14H2,1-2H3,(H2,15,16,17,18).